The molecule has 28 heavy (non-hydrogen) atoms. The monoisotopic (exact) mass is 444 g/mol. The smallest absolute Gasteiger partial charge is 0.244 e. The van der Waals surface area contributed by atoms with Crippen LogP contribution in [0.5, 0.6) is 5.75 Å². The summed E-state index contributed by atoms with van der Waals surface area (Å²) in [7, 11) is -6.58. The Bertz CT molecular complexity index is 1110. The van der Waals surface area contributed by atoms with Crippen molar-refractivity contribution in [1.29, 1.82) is 0 Å². The molecule has 0 aromatic heterocycles. The van der Waals surface area contributed by atoms with Gasteiger partial charge in [0, 0.05) is 18.0 Å². The van der Waals surface area contributed by atoms with Crippen molar-refractivity contribution >= 4 is 43.2 Å². The fourth-order valence-electron chi connectivity index (χ4n) is 2.73. The predicted molar refractivity (Wildman–Crippen MR) is 104 cm³/mol. The third-order valence-corrected chi connectivity index (χ3v) is 7.49. The molecule has 2 aromatic carbocycles. The number of nitrogens with one attached hydrogen (secondary N) is 1. The number of hydrogen-bond donors (Lipinski definition) is 1. The van der Waals surface area contributed by atoms with Gasteiger partial charge in [0.05, 0.1) is 18.6 Å². The maximum Gasteiger partial charge on any atom is 0.244 e. The lowest BCUT2D eigenvalue weighted by Gasteiger charge is -2.18. The van der Waals surface area contributed by atoms with E-state index in [1.165, 1.54) is 19.2 Å². The van der Waals surface area contributed by atoms with E-state index in [-0.39, 0.29) is 35.1 Å². The number of carbonyl (C=O) groups is 1. The predicted octanol–water partition coefficient (Wildman–Crippen LogP) is 1.89. The standard InChI is InChI=1S/C17H17ClN2O6S2/c1-26-15-7-6-14(20-17(21)8-9-27(20,22)23)10-16(15)28(24,25)19-11-12-2-4-13(18)5-3-12/h2-7,10,19H,8-9,11H2,1H3. The molecule has 11 heteroatoms. The number of methoxy groups -OCH3 is 1. The molecule has 1 saturated heterocycles. The van der Waals surface area contributed by atoms with E-state index in [0.717, 1.165) is 6.07 Å². The number of carbonyl (C=O) groups excluding carboxylic acids is 1. The largest absolute Gasteiger partial charge is 0.495 e. The molecule has 0 aliphatic carbocycles. The average Bonchev–Trinajstić information content (AvgIpc) is 2.93. The Balaban J connectivity index is 1.95. The lowest BCUT2D eigenvalue weighted by atomic mass is 10.2. The lowest BCUT2D eigenvalue weighted by molar-refractivity contribution is -0.116. The highest BCUT2D eigenvalue weighted by atomic mass is 35.5. The maximum absolute atomic E-state index is 12.8. The Morgan fingerprint density at radius 3 is 2.43 bits per heavy atom. The van der Waals surface area contributed by atoms with Gasteiger partial charge in [-0.25, -0.2) is 25.9 Å². The van der Waals surface area contributed by atoms with Gasteiger partial charge in [-0.05, 0) is 35.9 Å². The highest BCUT2D eigenvalue weighted by Crippen LogP contribution is 2.32. The summed E-state index contributed by atoms with van der Waals surface area (Å²) in [5, 5.41) is 0.525. The van der Waals surface area contributed by atoms with Gasteiger partial charge in [-0.15, -0.1) is 0 Å². The van der Waals surface area contributed by atoms with Gasteiger partial charge in [0.1, 0.15) is 10.6 Å². The topological polar surface area (TPSA) is 110 Å². The summed E-state index contributed by atoms with van der Waals surface area (Å²) in [5.41, 5.74) is 0.635. The van der Waals surface area contributed by atoms with Crippen molar-refractivity contribution in [3.8, 4) is 5.75 Å². The molecule has 2 aromatic rings. The van der Waals surface area contributed by atoms with Gasteiger partial charge in [-0.3, -0.25) is 4.79 Å². The molecule has 1 heterocycles. The van der Waals surface area contributed by atoms with E-state index in [2.05, 4.69) is 4.72 Å². The van der Waals surface area contributed by atoms with Crippen molar-refractivity contribution in [1.82, 2.24) is 4.72 Å². The molecular formula is C17H17ClN2O6S2. The van der Waals surface area contributed by atoms with Gasteiger partial charge in [0.15, 0.2) is 0 Å². The molecule has 0 bridgehead atoms. The zero-order valence-electron chi connectivity index (χ0n) is 14.8. The van der Waals surface area contributed by atoms with Crippen LogP contribution in [-0.4, -0.2) is 35.6 Å². The van der Waals surface area contributed by atoms with Gasteiger partial charge < -0.3 is 4.74 Å². The second kappa shape index (κ2) is 7.70. The Hall–Kier alpha value is -2.14. The molecule has 0 unspecified atom stereocenters. The number of halogens is 1. The van der Waals surface area contributed by atoms with Gasteiger partial charge in [-0.2, -0.15) is 0 Å². The van der Waals surface area contributed by atoms with Crippen molar-refractivity contribution in [3.05, 3.63) is 53.1 Å². The summed E-state index contributed by atoms with van der Waals surface area (Å²) in [6, 6.07) is 10.4. The zero-order valence-corrected chi connectivity index (χ0v) is 17.1. The first-order valence-electron chi connectivity index (χ1n) is 8.12. The van der Waals surface area contributed by atoms with Crippen LogP contribution in [0.4, 0.5) is 5.69 Å². The molecule has 1 fully saturated rings. The van der Waals surface area contributed by atoms with Crippen molar-refractivity contribution in [2.75, 3.05) is 17.2 Å². The molecule has 0 saturated carbocycles. The second-order valence-electron chi connectivity index (χ2n) is 6.01. The Labute approximate surface area is 168 Å². The van der Waals surface area contributed by atoms with Gasteiger partial charge >= 0.3 is 0 Å². The summed E-state index contributed by atoms with van der Waals surface area (Å²) in [6.45, 7) is -0.00612. The molecule has 150 valence electrons. The average molecular weight is 445 g/mol. The van der Waals surface area contributed by atoms with Crippen LogP contribution in [0.25, 0.3) is 0 Å². The third-order valence-electron chi connectivity index (χ3n) is 4.13. The molecular weight excluding hydrogens is 428 g/mol. The van der Waals surface area contributed by atoms with Crippen LogP contribution in [0.1, 0.15) is 12.0 Å². The van der Waals surface area contributed by atoms with Crippen molar-refractivity contribution in [2.24, 2.45) is 0 Å². The highest BCUT2D eigenvalue weighted by Gasteiger charge is 2.37. The molecule has 8 nitrogen and oxygen atoms in total. The molecule has 3 rings (SSSR count). The summed E-state index contributed by atoms with van der Waals surface area (Å²) in [6.07, 6.45) is -0.148. The van der Waals surface area contributed by atoms with Crippen LogP contribution in [0.3, 0.4) is 0 Å². The summed E-state index contributed by atoms with van der Waals surface area (Å²) in [4.78, 5) is 11.7. The molecule has 1 N–H and O–H groups in total. The minimum absolute atomic E-state index is 0.00612. The highest BCUT2D eigenvalue weighted by molar-refractivity contribution is 7.94. The van der Waals surface area contributed by atoms with Crippen LogP contribution in [-0.2, 0) is 31.4 Å². The van der Waals surface area contributed by atoms with E-state index in [4.69, 9.17) is 16.3 Å². The van der Waals surface area contributed by atoms with E-state index < -0.39 is 26.0 Å². The minimum Gasteiger partial charge on any atom is -0.495 e. The van der Waals surface area contributed by atoms with Crippen LogP contribution in [0.2, 0.25) is 5.02 Å². The first kappa shape index (κ1) is 20.6. The molecule has 1 aliphatic heterocycles. The van der Waals surface area contributed by atoms with Gasteiger partial charge in [0.2, 0.25) is 26.0 Å². The van der Waals surface area contributed by atoms with Gasteiger partial charge in [-0.1, -0.05) is 23.7 Å². The third kappa shape index (κ3) is 4.14. The number of sulfonamides is 2. The van der Waals surface area contributed by atoms with E-state index >= 15 is 0 Å². The number of hydrogen-bond acceptors (Lipinski definition) is 6. The Morgan fingerprint density at radius 1 is 1.18 bits per heavy atom. The SMILES string of the molecule is COc1ccc(N2C(=O)CCS2(=O)=O)cc1S(=O)(=O)NCc1ccc(Cl)cc1. The van der Waals surface area contributed by atoms with Crippen LogP contribution >= 0.6 is 11.6 Å². The van der Waals surface area contributed by atoms with E-state index in [0.29, 0.717) is 14.9 Å². The number of amides is 1. The molecule has 1 amide bonds. The van der Waals surface area contributed by atoms with E-state index in [1.54, 1.807) is 24.3 Å². The molecule has 0 radical (unpaired) electrons. The first-order valence-corrected chi connectivity index (χ1v) is 11.6. The molecule has 0 spiro atoms. The zero-order chi connectivity index (χ0) is 20.5. The van der Waals surface area contributed by atoms with Crippen molar-refractivity contribution in [3.63, 3.8) is 0 Å². The second-order valence-corrected chi connectivity index (χ2v) is 10.1. The number of benzene rings is 2. The van der Waals surface area contributed by atoms with Crippen molar-refractivity contribution < 1.29 is 26.4 Å². The number of rotatable bonds is 6. The normalized spacial score (nSPS) is 16.4. The van der Waals surface area contributed by atoms with Crippen LogP contribution in [0, 0.1) is 0 Å². The van der Waals surface area contributed by atoms with E-state index in [9.17, 15) is 21.6 Å². The Morgan fingerprint density at radius 2 is 1.86 bits per heavy atom. The minimum atomic E-state index is -4.06. The first-order chi connectivity index (χ1) is 13.1. The van der Waals surface area contributed by atoms with Crippen LogP contribution in [0.15, 0.2) is 47.4 Å². The number of anilines is 1. The molecule has 1 aliphatic rings. The summed E-state index contributed by atoms with van der Waals surface area (Å²) < 4.78 is 58.0. The summed E-state index contributed by atoms with van der Waals surface area (Å²) in [5.74, 6) is -0.895. The quantitative estimate of drug-likeness (QED) is 0.728. The maximum atomic E-state index is 12.8. The van der Waals surface area contributed by atoms with Gasteiger partial charge in [0.25, 0.3) is 0 Å². The van der Waals surface area contributed by atoms with Crippen molar-refractivity contribution in [2.45, 2.75) is 17.9 Å². The van der Waals surface area contributed by atoms with E-state index in [1.807, 2.05) is 0 Å². The van der Waals surface area contributed by atoms with Crippen LogP contribution < -0.4 is 13.8 Å². The Kier molecular flexibility index (Phi) is 5.67. The summed E-state index contributed by atoms with van der Waals surface area (Å²) >= 11 is 5.82. The fraction of sp³-hybridized carbons (Fsp3) is 0.235. The number of ether oxygens (including phenoxy) is 1. The lowest BCUT2D eigenvalue weighted by Crippen LogP contribution is -2.30. The fourth-order valence-corrected chi connectivity index (χ4v) is 5.51. The molecule has 0 atom stereocenters. The number of nitrogens with zero attached hydrogens (tertiary/aromatic N) is 1.